The maximum absolute atomic E-state index is 12.8. The van der Waals surface area contributed by atoms with E-state index in [9.17, 15) is 22.8 Å². The zero-order valence-electron chi connectivity index (χ0n) is 18.3. The number of piperidine rings is 1. The summed E-state index contributed by atoms with van der Waals surface area (Å²) in [6.07, 6.45) is 0.583. The van der Waals surface area contributed by atoms with Gasteiger partial charge in [-0.25, -0.2) is 18.0 Å². The van der Waals surface area contributed by atoms with E-state index in [1.54, 1.807) is 13.8 Å². The van der Waals surface area contributed by atoms with Crippen LogP contribution in [0.3, 0.4) is 0 Å². The Labute approximate surface area is 197 Å². The fourth-order valence-electron chi connectivity index (χ4n) is 3.74. The van der Waals surface area contributed by atoms with Crippen LogP contribution in [0.15, 0.2) is 40.4 Å². The number of halogens is 1. The minimum absolute atomic E-state index is 0.141. The van der Waals surface area contributed by atoms with E-state index in [2.05, 4.69) is 10.6 Å². The molecule has 1 fully saturated rings. The molecule has 0 aromatic heterocycles. The second-order valence-corrected chi connectivity index (χ2v) is 10.0. The van der Waals surface area contributed by atoms with Crippen LogP contribution in [0.25, 0.3) is 0 Å². The van der Waals surface area contributed by atoms with Gasteiger partial charge in [0.15, 0.2) is 0 Å². The molecule has 33 heavy (non-hydrogen) atoms. The minimum atomic E-state index is -3.68. The number of urea groups is 1. The van der Waals surface area contributed by atoms with Crippen LogP contribution in [0.4, 0.5) is 4.79 Å². The summed E-state index contributed by atoms with van der Waals surface area (Å²) in [4.78, 5) is 36.8. The molecular weight excluding hydrogens is 474 g/mol. The molecule has 2 amide bonds. The third kappa shape index (κ3) is 5.84. The lowest BCUT2D eigenvalue weighted by molar-refractivity contribution is -0.149. The molecule has 2 heterocycles. The van der Waals surface area contributed by atoms with Crippen LogP contribution < -0.4 is 10.6 Å². The molecule has 0 radical (unpaired) electrons. The number of ether oxygens (including phenoxy) is 2. The van der Waals surface area contributed by atoms with Crippen molar-refractivity contribution >= 4 is 39.6 Å². The first-order valence-corrected chi connectivity index (χ1v) is 12.3. The fraction of sp³-hybridized carbons (Fsp3) is 0.476. The molecule has 0 unspecified atom stereocenters. The smallest absolute Gasteiger partial charge is 0.338 e. The van der Waals surface area contributed by atoms with Crippen LogP contribution in [0, 0.1) is 5.92 Å². The molecule has 10 nitrogen and oxygen atoms in total. The molecule has 12 heteroatoms. The molecule has 180 valence electrons. The van der Waals surface area contributed by atoms with Gasteiger partial charge in [-0.3, -0.25) is 4.79 Å². The van der Waals surface area contributed by atoms with Gasteiger partial charge in [0.1, 0.15) is 6.61 Å². The monoisotopic (exact) mass is 499 g/mol. The minimum Gasteiger partial charge on any atom is -0.463 e. The zero-order valence-corrected chi connectivity index (χ0v) is 19.9. The van der Waals surface area contributed by atoms with Crippen LogP contribution in [-0.4, -0.2) is 63.0 Å². The van der Waals surface area contributed by atoms with E-state index >= 15 is 0 Å². The van der Waals surface area contributed by atoms with Crippen molar-refractivity contribution in [2.75, 3.05) is 26.3 Å². The van der Waals surface area contributed by atoms with Crippen molar-refractivity contribution in [1.82, 2.24) is 14.9 Å². The summed E-state index contributed by atoms with van der Waals surface area (Å²) in [5, 5.41) is 5.50. The molecule has 2 aliphatic rings. The third-order valence-corrected chi connectivity index (χ3v) is 7.63. The van der Waals surface area contributed by atoms with Gasteiger partial charge in [-0.15, -0.1) is 0 Å². The molecule has 1 aromatic carbocycles. The lowest BCUT2D eigenvalue weighted by Gasteiger charge is -2.30. The normalized spacial score (nSPS) is 20.1. The molecule has 0 bridgehead atoms. The highest BCUT2D eigenvalue weighted by Gasteiger charge is 2.34. The van der Waals surface area contributed by atoms with E-state index in [0.717, 1.165) is 0 Å². The van der Waals surface area contributed by atoms with E-state index in [4.69, 9.17) is 21.1 Å². The van der Waals surface area contributed by atoms with Crippen LogP contribution in [-0.2, 0) is 29.1 Å². The Balaban J connectivity index is 1.60. The molecule has 0 saturated carbocycles. The van der Waals surface area contributed by atoms with Crippen LogP contribution in [0.1, 0.15) is 26.7 Å². The van der Waals surface area contributed by atoms with Crippen molar-refractivity contribution < 1.29 is 32.3 Å². The molecule has 3 rings (SSSR count). The third-order valence-electron chi connectivity index (χ3n) is 5.46. The molecule has 2 aliphatic heterocycles. The number of nitrogens with one attached hydrogen (secondary N) is 2. The Morgan fingerprint density at radius 1 is 1.15 bits per heavy atom. The Morgan fingerprint density at radius 2 is 1.79 bits per heavy atom. The van der Waals surface area contributed by atoms with Gasteiger partial charge in [-0.05, 0) is 51.0 Å². The van der Waals surface area contributed by atoms with Crippen LogP contribution in [0.2, 0.25) is 5.02 Å². The topological polar surface area (TPSA) is 131 Å². The van der Waals surface area contributed by atoms with E-state index in [1.807, 2.05) is 0 Å². The van der Waals surface area contributed by atoms with Crippen LogP contribution >= 0.6 is 11.6 Å². The average Bonchev–Trinajstić information content (AvgIpc) is 2.77. The number of sulfonamides is 1. The van der Waals surface area contributed by atoms with Gasteiger partial charge >= 0.3 is 18.0 Å². The number of rotatable bonds is 7. The van der Waals surface area contributed by atoms with Gasteiger partial charge in [0, 0.05) is 18.1 Å². The standard InChI is InChI=1S/C21H26ClN3O7S/c1-3-31-20(27)18-13(2)23-21(28)24-17(18)12-32-19(26)14-8-10-25(11-9-14)33(29,30)16-6-4-15(22)5-7-16/h4-7,13-14H,3,8-12H2,1-2H3,(H2,23,24,28)/t13-/m1/s1. The molecule has 2 N–H and O–H groups in total. The van der Waals surface area contributed by atoms with E-state index in [1.165, 1.54) is 28.6 Å². The predicted octanol–water partition coefficient (Wildman–Crippen LogP) is 1.80. The Kier molecular flexibility index (Phi) is 7.98. The molecular formula is C21H26ClN3O7S. The van der Waals surface area contributed by atoms with Crippen molar-refractivity contribution in [1.29, 1.82) is 0 Å². The van der Waals surface area contributed by atoms with Gasteiger partial charge in [-0.2, -0.15) is 4.31 Å². The number of carbonyl (C=O) groups is 3. The number of hydrogen-bond acceptors (Lipinski definition) is 7. The predicted molar refractivity (Wildman–Crippen MR) is 119 cm³/mol. The largest absolute Gasteiger partial charge is 0.463 e. The van der Waals surface area contributed by atoms with Gasteiger partial charge in [0.25, 0.3) is 0 Å². The Morgan fingerprint density at radius 3 is 2.39 bits per heavy atom. The summed E-state index contributed by atoms with van der Waals surface area (Å²) >= 11 is 5.83. The lowest BCUT2D eigenvalue weighted by Crippen LogP contribution is -2.50. The Hall–Kier alpha value is -2.63. The second-order valence-electron chi connectivity index (χ2n) is 7.67. The number of amides is 2. The quantitative estimate of drug-likeness (QED) is 0.547. The highest BCUT2D eigenvalue weighted by molar-refractivity contribution is 7.89. The van der Waals surface area contributed by atoms with E-state index < -0.39 is 40.0 Å². The van der Waals surface area contributed by atoms with Gasteiger partial charge in [0.2, 0.25) is 10.0 Å². The molecule has 1 atom stereocenters. The first-order valence-electron chi connectivity index (χ1n) is 10.5. The lowest BCUT2D eigenvalue weighted by atomic mass is 9.98. The molecule has 1 aromatic rings. The summed E-state index contributed by atoms with van der Waals surface area (Å²) in [5.74, 6) is -1.62. The summed E-state index contributed by atoms with van der Waals surface area (Å²) in [6, 6.07) is 4.80. The number of benzene rings is 1. The highest BCUT2D eigenvalue weighted by Crippen LogP contribution is 2.26. The molecule has 0 aliphatic carbocycles. The van der Waals surface area contributed by atoms with Crippen molar-refractivity contribution in [3.63, 3.8) is 0 Å². The van der Waals surface area contributed by atoms with E-state index in [-0.39, 0.29) is 42.5 Å². The SMILES string of the molecule is CCOC(=O)C1=C(COC(=O)C2CCN(S(=O)(=O)c3ccc(Cl)cc3)CC2)NC(=O)N[C@@H]1C. The number of esters is 2. The first-order chi connectivity index (χ1) is 15.6. The van der Waals surface area contributed by atoms with Crippen LogP contribution in [0.5, 0.6) is 0 Å². The zero-order chi connectivity index (χ0) is 24.2. The highest BCUT2D eigenvalue weighted by atomic mass is 35.5. The van der Waals surface area contributed by atoms with Gasteiger partial charge < -0.3 is 20.1 Å². The number of hydrogen-bond donors (Lipinski definition) is 2. The first kappa shape index (κ1) is 25.0. The molecule has 0 spiro atoms. The second kappa shape index (κ2) is 10.5. The summed E-state index contributed by atoms with van der Waals surface area (Å²) in [6.45, 7) is 3.49. The fourth-order valence-corrected chi connectivity index (χ4v) is 5.34. The van der Waals surface area contributed by atoms with Gasteiger partial charge in [0.05, 0.1) is 34.7 Å². The van der Waals surface area contributed by atoms with Crippen molar-refractivity contribution in [3.05, 3.63) is 40.6 Å². The summed E-state index contributed by atoms with van der Waals surface area (Å²) < 4.78 is 37.3. The van der Waals surface area contributed by atoms with Crippen molar-refractivity contribution in [3.8, 4) is 0 Å². The average molecular weight is 500 g/mol. The number of carbonyl (C=O) groups excluding carboxylic acids is 3. The van der Waals surface area contributed by atoms with Crippen molar-refractivity contribution in [2.24, 2.45) is 5.92 Å². The maximum Gasteiger partial charge on any atom is 0.338 e. The molecule has 1 saturated heterocycles. The number of nitrogens with zero attached hydrogens (tertiary/aromatic N) is 1. The van der Waals surface area contributed by atoms with Crippen molar-refractivity contribution in [2.45, 2.75) is 37.6 Å². The maximum atomic E-state index is 12.8. The van der Waals surface area contributed by atoms with E-state index in [0.29, 0.717) is 17.9 Å². The summed E-state index contributed by atoms with van der Waals surface area (Å²) in [7, 11) is -3.68. The Bertz CT molecular complexity index is 1050. The van der Waals surface area contributed by atoms with Gasteiger partial charge in [-0.1, -0.05) is 11.6 Å². The summed E-state index contributed by atoms with van der Waals surface area (Å²) in [5.41, 5.74) is 0.355.